The zero-order valence-electron chi connectivity index (χ0n) is 10.2. The quantitative estimate of drug-likeness (QED) is 0.635. The number of hydrogen-bond acceptors (Lipinski definition) is 2. The minimum Gasteiger partial charge on any atom is -0.300 e. The average Bonchev–Trinajstić information content (AvgIpc) is 2.49. The lowest BCUT2D eigenvalue weighted by molar-refractivity contribution is -0.124. The molecule has 0 N–H and O–H groups in total. The van der Waals surface area contributed by atoms with E-state index >= 15 is 0 Å². The summed E-state index contributed by atoms with van der Waals surface area (Å²) in [5, 5.41) is 0. The van der Waals surface area contributed by atoms with Crippen LogP contribution < -0.4 is 0 Å². The highest BCUT2D eigenvalue weighted by molar-refractivity contribution is 5.81. The molecule has 3 rings (SSSR count). The van der Waals surface area contributed by atoms with E-state index in [4.69, 9.17) is 0 Å². The number of nitrogens with zero attached hydrogens (tertiary/aromatic N) is 1. The lowest BCUT2D eigenvalue weighted by atomic mass is 9.96. The molecule has 2 heterocycles. The Bertz CT molecular complexity index is 252. The molecule has 0 aromatic carbocycles. The Hall–Kier alpha value is -0.370. The summed E-state index contributed by atoms with van der Waals surface area (Å²) < 4.78 is 0. The van der Waals surface area contributed by atoms with Crippen LogP contribution in [0.2, 0.25) is 0 Å². The molecule has 16 heavy (non-hydrogen) atoms. The maximum atomic E-state index is 11.6. The van der Waals surface area contributed by atoms with E-state index < -0.39 is 0 Å². The number of Topliss-reactive ketones (excluding diaryl/α,β-unsaturated/α-hetero) is 1. The molecule has 0 unspecified atom stereocenters. The number of fused-ring (bicyclic) bond motifs is 2. The highest BCUT2D eigenvalue weighted by Crippen LogP contribution is 2.38. The lowest BCUT2D eigenvalue weighted by Crippen LogP contribution is -2.48. The van der Waals surface area contributed by atoms with E-state index in [0.717, 1.165) is 18.9 Å². The molecule has 2 saturated heterocycles. The monoisotopic (exact) mass is 221 g/mol. The molecule has 3 aliphatic rings. The molecule has 2 nitrogen and oxygen atoms in total. The average molecular weight is 221 g/mol. The first-order valence-corrected chi connectivity index (χ1v) is 7.14. The van der Waals surface area contributed by atoms with E-state index in [0.29, 0.717) is 17.9 Å². The fourth-order valence-electron chi connectivity index (χ4n) is 4.16. The molecule has 1 saturated carbocycles. The third kappa shape index (κ3) is 1.92. The Kier molecular flexibility index (Phi) is 3.01. The fourth-order valence-corrected chi connectivity index (χ4v) is 4.16. The third-order valence-electron chi connectivity index (χ3n) is 4.85. The molecular weight excluding hydrogens is 198 g/mol. The Morgan fingerprint density at radius 2 is 1.31 bits per heavy atom. The van der Waals surface area contributed by atoms with Crippen molar-refractivity contribution in [3.05, 3.63) is 0 Å². The summed E-state index contributed by atoms with van der Waals surface area (Å²) in [6, 6.07) is 2.05. The van der Waals surface area contributed by atoms with Crippen LogP contribution in [0.25, 0.3) is 0 Å². The van der Waals surface area contributed by atoms with Crippen LogP contribution in [0, 0.1) is 0 Å². The number of ketones is 1. The van der Waals surface area contributed by atoms with Crippen molar-refractivity contribution in [2.45, 2.75) is 82.3 Å². The van der Waals surface area contributed by atoms with Crippen LogP contribution in [0.1, 0.15) is 64.2 Å². The Morgan fingerprint density at radius 1 is 0.750 bits per heavy atom. The van der Waals surface area contributed by atoms with E-state index in [2.05, 4.69) is 4.90 Å². The van der Waals surface area contributed by atoms with Gasteiger partial charge in [0.2, 0.25) is 0 Å². The van der Waals surface area contributed by atoms with E-state index in [1.807, 2.05) is 0 Å². The van der Waals surface area contributed by atoms with Crippen molar-refractivity contribution in [3.63, 3.8) is 0 Å². The Labute approximate surface area is 98.4 Å². The fraction of sp³-hybridized carbons (Fsp3) is 0.929. The van der Waals surface area contributed by atoms with Gasteiger partial charge in [-0.2, -0.15) is 0 Å². The van der Waals surface area contributed by atoms with Crippen LogP contribution in [0.15, 0.2) is 0 Å². The van der Waals surface area contributed by atoms with Crippen LogP contribution in [0.3, 0.4) is 0 Å². The van der Waals surface area contributed by atoms with Crippen LogP contribution in [-0.4, -0.2) is 28.8 Å². The SMILES string of the molecule is O=C1C[C@H]2CC[C@@H](C1)N2C1CCCCCC1. The minimum atomic E-state index is 0.525. The number of carbonyl (C=O) groups is 1. The van der Waals surface area contributed by atoms with E-state index in [-0.39, 0.29) is 0 Å². The van der Waals surface area contributed by atoms with Crippen LogP contribution in [-0.2, 0) is 4.79 Å². The third-order valence-corrected chi connectivity index (χ3v) is 4.85. The molecule has 0 amide bonds. The summed E-state index contributed by atoms with van der Waals surface area (Å²) in [5.41, 5.74) is 0. The first-order valence-electron chi connectivity index (χ1n) is 7.14. The molecule has 0 spiro atoms. The van der Waals surface area contributed by atoms with E-state index in [1.165, 1.54) is 51.4 Å². The number of rotatable bonds is 1. The largest absolute Gasteiger partial charge is 0.300 e. The first-order chi connectivity index (χ1) is 7.84. The van der Waals surface area contributed by atoms with Crippen molar-refractivity contribution >= 4 is 5.78 Å². The van der Waals surface area contributed by atoms with Crippen molar-refractivity contribution in [2.75, 3.05) is 0 Å². The molecule has 2 aliphatic heterocycles. The number of carbonyl (C=O) groups excluding carboxylic acids is 1. The normalized spacial score (nSPS) is 37.6. The van der Waals surface area contributed by atoms with Gasteiger partial charge in [0.25, 0.3) is 0 Å². The predicted molar refractivity (Wildman–Crippen MR) is 64.4 cm³/mol. The van der Waals surface area contributed by atoms with Crippen molar-refractivity contribution in [2.24, 2.45) is 0 Å². The van der Waals surface area contributed by atoms with Gasteiger partial charge in [-0.05, 0) is 25.7 Å². The summed E-state index contributed by atoms with van der Waals surface area (Å²) in [4.78, 5) is 14.4. The summed E-state index contributed by atoms with van der Waals surface area (Å²) in [5.74, 6) is 0.525. The molecule has 2 bridgehead atoms. The zero-order valence-corrected chi connectivity index (χ0v) is 10.2. The second-order valence-electron chi connectivity index (χ2n) is 5.92. The van der Waals surface area contributed by atoms with Crippen molar-refractivity contribution in [3.8, 4) is 0 Å². The van der Waals surface area contributed by atoms with Gasteiger partial charge in [0.1, 0.15) is 5.78 Å². The second kappa shape index (κ2) is 4.48. The van der Waals surface area contributed by atoms with Crippen molar-refractivity contribution in [1.82, 2.24) is 4.90 Å². The van der Waals surface area contributed by atoms with Crippen LogP contribution in [0.4, 0.5) is 0 Å². The van der Waals surface area contributed by atoms with Gasteiger partial charge in [-0.3, -0.25) is 9.69 Å². The smallest absolute Gasteiger partial charge is 0.136 e. The standard InChI is InChI=1S/C14H23NO/c16-14-9-12-7-8-13(10-14)15(12)11-5-3-1-2-4-6-11/h11-13H,1-10H2/t12-,13+. The van der Waals surface area contributed by atoms with Crippen molar-refractivity contribution < 1.29 is 4.79 Å². The van der Waals surface area contributed by atoms with Gasteiger partial charge in [0.15, 0.2) is 0 Å². The molecule has 2 atom stereocenters. The van der Waals surface area contributed by atoms with Crippen LogP contribution >= 0.6 is 0 Å². The highest BCUT2D eigenvalue weighted by atomic mass is 16.1. The number of piperidine rings is 1. The van der Waals surface area contributed by atoms with Gasteiger partial charge in [0, 0.05) is 31.0 Å². The summed E-state index contributed by atoms with van der Waals surface area (Å²) in [6.45, 7) is 0. The molecule has 2 heteroatoms. The van der Waals surface area contributed by atoms with Gasteiger partial charge in [-0.25, -0.2) is 0 Å². The molecule has 0 aromatic heterocycles. The topological polar surface area (TPSA) is 20.3 Å². The van der Waals surface area contributed by atoms with Crippen molar-refractivity contribution in [1.29, 1.82) is 0 Å². The van der Waals surface area contributed by atoms with Gasteiger partial charge in [-0.1, -0.05) is 25.7 Å². The summed E-state index contributed by atoms with van der Waals surface area (Å²) >= 11 is 0. The summed E-state index contributed by atoms with van der Waals surface area (Å²) in [7, 11) is 0. The molecule has 90 valence electrons. The molecule has 0 radical (unpaired) electrons. The second-order valence-corrected chi connectivity index (χ2v) is 5.92. The van der Waals surface area contributed by atoms with Gasteiger partial charge in [-0.15, -0.1) is 0 Å². The van der Waals surface area contributed by atoms with E-state index in [1.54, 1.807) is 0 Å². The zero-order chi connectivity index (χ0) is 11.0. The first kappa shape index (κ1) is 10.8. The van der Waals surface area contributed by atoms with E-state index in [9.17, 15) is 4.79 Å². The Balaban J connectivity index is 1.71. The van der Waals surface area contributed by atoms with Gasteiger partial charge in [0.05, 0.1) is 0 Å². The van der Waals surface area contributed by atoms with Gasteiger partial charge >= 0.3 is 0 Å². The number of hydrogen-bond donors (Lipinski definition) is 0. The minimum absolute atomic E-state index is 0.525. The summed E-state index contributed by atoms with van der Waals surface area (Å²) in [6.07, 6.45) is 12.7. The maximum absolute atomic E-state index is 11.6. The Morgan fingerprint density at radius 3 is 1.88 bits per heavy atom. The molecular formula is C14H23NO. The maximum Gasteiger partial charge on any atom is 0.136 e. The molecule has 3 fully saturated rings. The highest BCUT2D eigenvalue weighted by Gasteiger charge is 2.42. The van der Waals surface area contributed by atoms with Crippen LogP contribution in [0.5, 0.6) is 0 Å². The van der Waals surface area contributed by atoms with Gasteiger partial charge < -0.3 is 0 Å². The molecule has 1 aliphatic carbocycles. The predicted octanol–water partition coefficient (Wildman–Crippen LogP) is 2.91. The molecule has 0 aromatic rings. The lowest BCUT2D eigenvalue weighted by Gasteiger charge is -2.40.